The van der Waals surface area contributed by atoms with Crippen molar-refractivity contribution < 1.29 is 0 Å². The smallest absolute Gasteiger partial charge is 0.191 e. The molecule has 2 N–H and O–H groups in total. The van der Waals surface area contributed by atoms with Crippen LogP contribution in [0.25, 0.3) is 0 Å². The van der Waals surface area contributed by atoms with E-state index in [9.17, 15) is 0 Å². The number of hydrogen-bond donors (Lipinski definition) is 2. The van der Waals surface area contributed by atoms with Crippen LogP contribution in [0.4, 0.5) is 5.69 Å². The average molecular weight is 335 g/mol. The normalized spacial score (nSPS) is 17.0. The molecule has 0 amide bonds. The van der Waals surface area contributed by atoms with Crippen molar-refractivity contribution in [2.75, 3.05) is 36.0 Å². The largest absolute Gasteiger partial charge is 0.370 e. The van der Waals surface area contributed by atoms with Crippen LogP contribution in [0.3, 0.4) is 0 Å². The first-order chi connectivity index (χ1) is 11.2. The average Bonchev–Trinajstić information content (AvgIpc) is 2.61. The van der Waals surface area contributed by atoms with Gasteiger partial charge in [-0.2, -0.15) is 11.8 Å². The lowest BCUT2D eigenvalue weighted by atomic mass is 10.2. The number of aliphatic imine (C=N–C) groups is 1. The molecule has 0 bridgehead atoms. The molecule has 1 heterocycles. The molecule has 1 fully saturated rings. The maximum Gasteiger partial charge on any atom is 0.191 e. The summed E-state index contributed by atoms with van der Waals surface area (Å²) in [6.45, 7) is 10.4. The third kappa shape index (κ3) is 5.98. The van der Waals surface area contributed by atoms with E-state index in [0.29, 0.717) is 12.6 Å². The topological polar surface area (TPSA) is 39.7 Å². The van der Waals surface area contributed by atoms with Gasteiger partial charge in [0.2, 0.25) is 0 Å². The molecule has 1 unspecified atom stereocenters. The van der Waals surface area contributed by atoms with Crippen molar-refractivity contribution in [1.29, 1.82) is 0 Å². The second-order valence-electron chi connectivity index (χ2n) is 5.91. The number of hydrogen-bond acceptors (Lipinski definition) is 3. The highest BCUT2D eigenvalue weighted by Gasteiger charge is 2.10. The van der Waals surface area contributed by atoms with E-state index in [-0.39, 0.29) is 0 Å². The number of anilines is 1. The Morgan fingerprint density at radius 3 is 2.52 bits per heavy atom. The van der Waals surface area contributed by atoms with Gasteiger partial charge in [-0.3, -0.25) is 0 Å². The first kappa shape index (κ1) is 18.0. The van der Waals surface area contributed by atoms with Crippen molar-refractivity contribution in [1.82, 2.24) is 10.6 Å². The van der Waals surface area contributed by atoms with E-state index in [2.05, 4.69) is 60.6 Å². The van der Waals surface area contributed by atoms with Gasteiger partial charge in [0, 0.05) is 42.9 Å². The first-order valence-electron chi connectivity index (χ1n) is 8.69. The Morgan fingerprint density at radius 1 is 1.22 bits per heavy atom. The summed E-state index contributed by atoms with van der Waals surface area (Å²) in [6, 6.07) is 9.30. The lowest BCUT2D eigenvalue weighted by molar-refractivity contribution is 0.624. The van der Waals surface area contributed by atoms with Crippen LogP contribution >= 0.6 is 11.8 Å². The van der Waals surface area contributed by atoms with Crippen LogP contribution in [0.5, 0.6) is 0 Å². The molecular weight excluding hydrogens is 304 g/mol. The van der Waals surface area contributed by atoms with Crippen LogP contribution in [0, 0.1) is 0 Å². The minimum absolute atomic E-state index is 0.437. The zero-order chi connectivity index (χ0) is 16.5. The van der Waals surface area contributed by atoms with Gasteiger partial charge in [0.25, 0.3) is 0 Å². The highest BCUT2D eigenvalue weighted by molar-refractivity contribution is 7.99. The maximum absolute atomic E-state index is 4.69. The van der Waals surface area contributed by atoms with Gasteiger partial charge < -0.3 is 15.5 Å². The highest BCUT2D eigenvalue weighted by Crippen LogP contribution is 2.20. The third-order valence-electron chi connectivity index (χ3n) is 4.07. The highest BCUT2D eigenvalue weighted by atomic mass is 32.2. The SMILES string of the molecule is CCNC(=NCc1ccc(N2CCSCC2)cc1)NC(C)CC. The summed E-state index contributed by atoms with van der Waals surface area (Å²) in [7, 11) is 0. The van der Waals surface area contributed by atoms with E-state index in [1.165, 1.54) is 22.8 Å². The second-order valence-corrected chi connectivity index (χ2v) is 7.14. The quantitative estimate of drug-likeness (QED) is 0.619. The van der Waals surface area contributed by atoms with E-state index in [1.54, 1.807) is 0 Å². The molecule has 1 saturated heterocycles. The first-order valence-corrected chi connectivity index (χ1v) is 9.84. The van der Waals surface area contributed by atoms with Gasteiger partial charge in [-0.25, -0.2) is 4.99 Å². The summed E-state index contributed by atoms with van der Waals surface area (Å²) in [5.74, 6) is 3.37. The Balaban J connectivity index is 1.94. The fraction of sp³-hybridized carbons (Fsp3) is 0.611. The number of nitrogens with zero attached hydrogens (tertiary/aromatic N) is 2. The molecule has 1 atom stereocenters. The number of rotatable bonds is 6. The van der Waals surface area contributed by atoms with Gasteiger partial charge in [-0.1, -0.05) is 19.1 Å². The zero-order valence-electron chi connectivity index (χ0n) is 14.6. The fourth-order valence-corrected chi connectivity index (χ4v) is 3.36. The van der Waals surface area contributed by atoms with Crippen LogP contribution in [0.15, 0.2) is 29.3 Å². The molecule has 1 aliphatic rings. The fourth-order valence-electron chi connectivity index (χ4n) is 2.46. The van der Waals surface area contributed by atoms with E-state index in [0.717, 1.165) is 32.0 Å². The van der Waals surface area contributed by atoms with Gasteiger partial charge >= 0.3 is 0 Å². The Bertz CT molecular complexity index is 480. The maximum atomic E-state index is 4.69. The van der Waals surface area contributed by atoms with Crippen LogP contribution in [-0.2, 0) is 6.54 Å². The zero-order valence-corrected chi connectivity index (χ0v) is 15.5. The molecule has 0 aromatic heterocycles. The predicted molar refractivity (Wildman–Crippen MR) is 104 cm³/mol. The van der Waals surface area contributed by atoms with Gasteiger partial charge in [-0.05, 0) is 38.0 Å². The number of guanidine groups is 1. The van der Waals surface area contributed by atoms with Crippen molar-refractivity contribution in [3.05, 3.63) is 29.8 Å². The van der Waals surface area contributed by atoms with Crippen molar-refractivity contribution in [2.24, 2.45) is 4.99 Å². The Kier molecular flexibility index (Phi) is 7.59. The minimum atomic E-state index is 0.437. The van der Waals surface area contributed by atoms with Crippen LogP contribution in [0.1, 0.15) is 32.8 Å². The molecule has 0 spiro atoms. The van der Waals surface area contributed by atoms with Gasteiger partial charge in [0.15, 0.2) is 5.96 Å². The van der Waals surface area contributed by atoms with Crippen molar-refractivity contribution in [2.45, 2.75) is 39.8 Å². The van der Waals surface area contributed by atoms with Crippen LogP contribution in [0.2, 0.25) is 0 Å². The van der Waals surface area contributed by atoms with Crippen LogP contribution in [-0.4, -0.2) is 43.1 Å². The summed E-state index contributed by atoms with van der Waals surface area (Å²) >= 11 is 2.05. The molecular formula is C18H30N4S. The molecule has 4 nitrogen and oxygen atoms in total. The van der Waals surface area contributed by atoms with Crippen molar-refractivity contribution in [3.63, 3.8) is 0 Å². The number of nitrogens with one attached hydrogen (secondary N) is 2. The second kappa shape index (κ2) is 9.71. The predicted octanol–water partition coefficient (Wildman–Crippen LogP) is 3.09. The third-order valence-corrected chi connectivity index (χ3v) is 5.01. The van der Waals surface area contributed by atoms with E-state index >= 15 is 0 Å². The number of thioether (sulfide) groups is 1. The minimum Gasteiger partial charge on any atom is -0.370 e. The Hall–Kier alpha value is -1.36. The molecule has 5 heteroatoms. The van der Waals surface area contributed by atoms with Crippen molar-refractivity contribution in [3.8, 4) is 0 Å². The summed E-state index contributed by atoms with van der Waals surface area (Å²) in [5, 5.41) is 6.74. The van der Waals surface area contributed by atoms with E-state index in [1.807, 2.05) is 11.8 Å². The molecule has 0 aliphatic carbocycles. The van der Waals surface area contributed by atoms with E-state index < -0.39 is 0 Å². The monoisotopic (exact) mass is 334 g/mol. The molecule has 1 aliphatic heterocycles. The summed E-state index contributed by atoms with van der Waals surface area (Å²) in [4.78, 5) is 7.16. The lowest BCUT2D eigenvalue weighted by Crippen LogP contribution is -2.41. The van der Waals surface area contributed by atoms with Gasteiger partial charge in [-0.15, -0.1) is 0 Å². The molecule has 2 rings (SSSR count). The summed E-state index contributed by atoms with van der Waals surface area (Å²) in [6.07, 6.45) is 1.09. The summed E-state index contributed by atoms with van der Waals surface area (Å²) in [5.41, 5.74) is 2.59. The lowest BCUT2D eigenvalue weighted by Gasteiger charge is -2.28. The standard InChI is InChI=1S/C18H30N4S/c1-4-15(3)21-18(19-5-2)20-14-16-6-8-17(9-7-16)22-10-12-23-13-11-22/h6-9,15H,4-5,10-14H2,1-3H3,(H2,19,20,21). The van der Waals surface area contributed by atoms with Crippen molar-refractivity contribution >= 4 is 23.4 Å². The molecule has 0 saturated carbocycles. The number of benzene rings is 1. The molecule has 1 aromatic rings. The van der Waals surface area contributed by atoms with Gasteiger partial charge in [0.05, 0.1) is 6.54 Å². The van der Waals surface area contributed by atoms with E-state index in [4.69, 9.17) is 4.99 Å². The summed E-state index contributed by atoms with van der Waals surface area (Å²) < 4.78 is 0. The molecule has 128 valence electrons. The molecule has 23 heavy (non-hydrogen) atoms. The Labute approximate surface area is 145 Å². The Morgan fingerprint density at radius 2 is 1.91 bits per heavy atom. The van der Waals surface area contributed by atoms with Gasteiger partial charge in [0.1, 0.15) is 0 Å². The van der Waals surface area contributed by atoms with Crippen LogP contribution < -0.4 is 15.5 Å². The molecule has 0 radical (unpaired) electrons. The molecule has 1 aromatic carbocycles.